The van der Waals surface area contributed by atoms with Crippen LogP contribution in [0.4, 0.5) is 5.82 Å². The monoisotopic (exact) mass is 211 g/mol. The molecule has 0 saturated carbocycles. The third-order valence-electron chi connectivity index (χ3n) is 2.72. The zero-order valence-corrected chi connectivity index (χ0v) is 9.04. The minimum absolute atomic E-state index is 0.334. The average Bonchev–Trinajstić information content (AvgIpc) is 2.19. The first-order chi connectivity index (χ1) is 6.75. The summed E-state index contributed by atoms with van der Waals surface area (Å²) in [6.07, 6.45) is 4.19. The molecule has 0 unspecified atom stereocenters. The Kier molecular flexibility index (Phi) is 2.87. The van der Waals surface area contributed by atoms with Crippen LogP contribution >= 0.6 is 11.6 Å². The Bertz CT molecular complexity index is 308. The third kappa shape index (κ3) is 2.15. The van der Waals surface area contributed by atoms with Gasteiger partial charge < -0.3 is 4.90 Å². The Morgan fingerprint density at radius 1 is 1.43 bits per heavy atom. The Morgan fingerprint density at radius 2 is 2.14 bits per heavy atom. The second-order valence-corrected chi connectivity index (χ2v) is 4.19. The van der Waals surface area contributed by atoms with Crippen LogP contribution in [0.25, 0.3) is 0 Å². The molecule has 1 aromatic heterocycles. The largest absolute Gasteiger partial charge is 0.356 e. The molecule has 2 rings (SSSR count). The lowest BCUT2D eigenvalue weighted by molar-refractivity contribution is 0.436. The number of halogens is 1. The molecule has 0 aliphatic carbocycles. The lowest BCUT2D eigenvalue weighted by Gasteiger charge is -2.30. The van der Waals surface area contributed by atoms with Crippen LogP contribution in [-0.4, -0.2) is 23.1 Å². The Balaban J connectivity index is 2.08. The molecular formula is C10H14ClN3. The van der Waals surface area contributed by atoms with E-state index in [-0.39, 0.29) is 0 Å². The quantitative estimate of drug-likeness (QED) is 0.668. The van der Waals surface area contributed by atoms with Gasteiger partial charge in [-0.15, -0.1) is 0 Å². The van der Waals surface area contributed by atoms with E-state index >= 15 is 0 Å². The second kappa shape index (κ2) is 4.13. The molecule has 14 heavy (non-hydrogen) atoms. The van der Waals surface area contributed by atoms with Gasteiger partial charge in [0.05, 0.1) is 0 Å². The molecule has 1 aliphatic rings. The van der Waals surface area contributed by atoms with Crippen LogP contribution in [0.1, 0.15) is 19.8 Å². The maximum atomic E-state index is 5.74. The van der Waals surface area contributed by atoms with Gasteiger partial charge in [0.2, 0.25) is 5.28 Å². The van der Waals surface area contributed by atoms with E-state index < -0.39 is 0 Å². The maximum absolute atomic E-state index is 5.74. The summed E-state index contributed by atoms with van der Waals surface area (Å²) in [5.41, 5.74) is 0. The smallest absolute Gasteiger partial charge is 0.224 e. The van der Waals surface area contributed by atoms with Crippen LogP contribution in [-0.2, 0) is 0 Å². The number of nitrogens with zero attached hydrogens (tertiary/aromatic N) is 3. The topological polar surface area (TPSA) is 29.0 Å². The van der Waals surface area contributed by atoms with Gasteiger partial charge in [-0.3, -0.25) is 0 Å². The van der Waals surface area contributed by atoms with Gasteiger partial charge in [0.25, 0.3) is 0 Å². The highest BCUT2D eigenvalue weighted by Gasteiger charge is 2.16. The van der Waals surface area contributed by atoms with Gasteiger partial charge in [0.15, 0.2) is 0 Å². The number of rotatable bonds is 1. The molecule has 0 atom stereocenters. The third-order valence-corrected chi connectivity index (χ3v) is 2.90. The van der Waals surface area contributed by atoms with Gasteiger partial charge in [-0.25, -0.2) is 9.97 Å². The summed E-state index contributed by atoms with van der Waals surface area (Å²) in [4.78, 5) is 10.4. The van der Waals surface area contributed by atoms with E-state index in [0.29, 0.717) is 5.28 Å². The van der Waals surface area contributed by atoms with Gasteiger partial charge in [0, 0.05) is 19.3 Å². The van der Waals surface area contributed by atoms with Crippen molar-refractivity contribution in [2.75, 3.05) is 18.0 Å². The summed E-state index contributed by atoms with van der Waals surface area (Å²) in [6, 6.07) is 1.92. The summed E-state index contributed by atoms with van der Waals surface area (Å²) in [5, 5.41) is 0.334. The molecule has 1 saturated heterocycles. The van der Waals surface area contributed by atoms with Gasteiger partial charge in [0.1, 0.15) is 5.82 Å². The molecule has 0 aromatic carbocycles. The molecule has 1 fully saturated rings. The van der Waals surface area contributed by atoms with Gasteiger partial charge >= 0.3 is 0 Å². The molecule has 3 nitrogen and oxygen atoms in total. The number of aromatic nitrogens is 2. The number of hydrogen-bond acceptors (Lipinski definition) is 3. The lowest BCUT2D eigenvalue weighted by Crippen LogP contribution is -2.33. The van der Waals surface area contributed by atoms with Crippen molar-refractivity contribution in [3.63, 3.8) is 0 Å². The molecule has 0 radical (unpaired) electrons. The van der Waals surface area contributed by atoms with Crippen molar-refractivity contribution in [2.45, 2.75) is 19.8 Å². The summed E-state index contributed by atoms with van der Waals surface area (Å²) in [5.74, 6) is 1.79. The first kappa shape index (κ1) is 9.71. The van der Waals surface area contributed by atoms with Crippen molar-refractivity contribution in [1.82, 2.24) is 9.97 Å². The van der Waals surface area contributed by atoms with Gasteiger partial charge in [-0.2, -0.15) is 0 Å². The Hall–Kier alpha value is -0.830. The fourth-order valence-electron chi connectivity index (χ4n) is 1.74. The summed E-state index contributed by atoms with van der Waals surface area (Å²) >= 11 is 5.74. The van der Waals surface area contributed by atoms with E-state index in [1.165, 1.54) is 12.8 Å². The van der Waals surface area contributed by atoms with E-state index in [2.05, 4.69) is 21.8 Å². The van der Waals surface area contributed by atoms with Crippen molar-refractivity contribution in [1.29, 1.82) is 0 Å². The van der Waals surface area contributed by atoms with Crippen LogP contribution in [0.2, 0.25) is 5.28 Å². The zero-order valence-electron chi connectivity index (χ0n) is 8.28. The van der Waals surface area contributed by atoms with E-state index in [9.17, 15) is 0 Å². The van der Waals surface area contributed by atoms with E-state index in [0.717, 1.165) is 24.8 Å². The summed E-state index contributed by atoms with van der Waals surface area (Å²) < 4.78 is 0. The van der Waals surface area contributed by atoms with Crippen molar-refractivity contribution in [2.24, 2.45) is 5.92 Å². The zero-order chi connectivity index (χ0) is 9.97. The molecule has 1 aliphatic heterocycles. The fourth-order valence-corrected chi connectivity index (χ4v) is 1.88. The Labute approximate surface area is 89.1 Å². The normalized spacial score (nSPS) is 18.6. The number of anilines is 1. The standard InChI is InChI=1S/C10H14ClN3/c1-8-3-6-14(7-4-8)9-2-5-12-10(11)13-9/h2,5,8H,3-4,6-7H2,1H3. The number of piperidine rings is 1. The predicted octanol–water partition coefficient (Wildman–Crippen LogP) is 2.37. The number of hydrogen-bond donors (Lipinski definition) is 0. The molecule has 0 spiro atoms. The molecule has 0 bridgehead atoms. The molecule has 2 heterocycles. The lowest BCUT2D eigenvalue weighted by atomic mass is 9.99. The first-order valence-corrected chi connectivity index (χ1v) is 5.37. The van der Waals surface area contributed by atoms with Gasteiger partial charge in [-0.1, -0.05) is 6.92 Å². The SMILES string of the molecule is CC1CCN(c2ccnc(Cl)n2)CC1. The minimum Gasteiger partial charge on any atom is -0.356 e. The van der Waals surface area contributed by atoms with Crippen LogP contribution in [0.5, 0.6) is 0 Å². The molecule has 76 valence electrons. The van der Waals surface area contributed by atoms with E-state index in [1.807, 2.05) is 6.07 Å². The molecule has 4 heteroatoms. The molecule has 0 N–H and O–H groups in total. The van der Waals surface area contributed by atoms with E-state index in [4.69, 9.17) is 11.6 Å². The molecule has 1 aromatic rings. The van der Waals surface area contributed by atoms with Crippen LogP contribution in [0, 0.1) is 5.92 Å². The van der Waals surface area contributed by atoms with Crippen molar-refractivity contribution < 1.29 is 0 Å². The van der Waals surface area contributed by atoms with Crippen LogP contribution in [0.15, 0.2) is 12.3 Å². The van der Waals surface area contributed by atoms with Gasteiger partial charge in [-0.05, 0) is 36.4 Å². The highest BCUT2D eigenvalue weighted by atomic mass is 35.5. The first-order valence-electron chi connectivity index (χ1n) is 4.99. The van der Waals surface area contributed by atoms with Crippen LogP contribution < -0.4 is 4.90 Å². The van der Waals surface area contributed by atoms with E-state index in [1.54, 1.807) is 6.20 Å². The highest BCUT2D eigenvalue weighted by molar-refractivity contribution is 6.28. The predicted molar refractivity (Wildman–Crippen MR) is 57.7 cm³/mol. The fraction of sp³-hybridized carbons (Fsp3) is 0.600. The van der Waals surface area contributed by atoms with Crippen molar-refractivity contribution in [3.8, 4) is 0 Å². The minimum atomic E-state index is 0.334. The van der Waals surface area contributed by atoms with Crippen molar-refractivity contribution >= 4 is 17.4 Å². The van der Waals surface area contributed by atoms with Crippen LogP contribution in [0.3, 0.4) is 0 Å². The summed E-state index contributed by atoms with van der Waals surface area (Å²) in [7, 11) is 0. The molecular weight excluding hydrogens is 198 g/mol. The highest BCUT2D eigenvalue weighted by Crippen LogP contribution is 2.21. The van der Waals surface area contributed by atoms with Crippen molar-refractivity contribution in [3.05, 3.63) is 17.5 Å². The molecule has 0 amide bonds. The second-order valence-electron chi connectivity index (χ2n) is 3.85. The maximum Gasteiger partial charge on any atom is 0.224 e. The summed E-state index contributed by atoms with van der Waals surface area (Å²) in [6.45, 7) is 4.45. The Morgan fingerprint density at radius 3 is 2.79 bits per heavy atom. The average molecular weight is 212 g/mol.